The van der Waals surface area contributed by atoms with Crippen LogP contribution in [0.3, 0.4) is 0 Å². The Labute approximate surface area is 209 Å². The molecule has 1 saturated carbocycles. The molecule has 188 valence electrons. The van der Waals surface area contributed by atoms with Gasteiger partial charge in [0.05, 0.1) is 19.8 Å². The van der Waals surface area contributed by atoms with E-state index in [0.717, 1.165) is 99.4 Å². The number of aldehydes is 1. The zero-order chi connectivity index (χ0) is 24.6. The third-order valence-electron chi connectivity index (χ3n) is 7.30. The monoisotopic (exact) mass is 478 g/mol. The second-order valence-corrected chi connectivity index (χ2v) is 9.57. The van der Waals surface area contributed by atoms with Crippen LogP contribution < -0.4 is 9.64 Å². The van der Waals surface area contributed by atoms with Gasteiger partial charge in [0, 0.05) is 43.3 Å². The Morgan fingerprint density at radius 2 is 1.83 bits per heavy atom. The summed E-state index contributed by atoms with van der Waals surface area (Å²) in [5.41, 5.74) is 4.26. The van der Waals surface area contributed by atoms with E-state index in [1.807, 2.05) is 49.1 Å². The molecule has 1 amide bonds. The summed E-state index contributed by atoms with van der Waals surface area (Å²) >= 11 is 0. The van der Waals surface area contributed by atoms with Gasteiger partial charge in [-0.3, -0.25) is 14.5 Å². The van der Waals surface area contributed by atoms with Gasteiger partial charge in [0.1, 0.15) is 12.0 Å². The van der Waals surface area contributed by atoms with E-state index in [1.54, 1.807) is 0 Å². The molecule has 2 aliphatic rings. The maximum Gasteiger partial charge on any atom is 0.230 e. The fraction of sp³-hybridized carbons (Fsp3) is 0.517. The van der Waals surface area contributed by atoms with Gasteiger partial charge in [-0.1, -0.05) is 25.0 Å². The number of amides is 1. The van der Waals surface area contributed by atoms with E-state index >= 15 is 0 Å². The maximum absolute atomic E-state index is 13.3. The van der Waals surface area contributed by atoms with Gasteiger partial charge in [-0.25, -0.2) is 0 Å². The highest BCUT2D eigenvalue weighted by Crippen LogP contribution is 2.34. The van der Waals surface area contributed by atoms with Crippen LogP contribution in [0.1, 0.15) is 54.9 Å². The van der Waals surface area contributed by atoms with E-state index in [9.17, 15) is 9.59 Å². The molecular formula is C29H38N2O4. The largest absolute Gasteiger partial charge is 0.494 e. The Balaban J connectivity index is 1.45. The van der Waals surface area contributed by atoms with Crippen molar-refractivity contribution in [3.05, 3.63) is 47.5 Å². The summed E-state index contributed by atoms with van der Waals surface area (Å²) in [4.78, 5) is 29.4. The van der Waals surface area contributed by atoms with E-state index in [-0.39, 0.29) is 11.8 Å². The molecule has 1 aliphatic heterocycles. The Morgan fingerprint density at radius 1 is 1.11 bits per heavy atom. The zero-order valence-electron chi connectivity index (χ0n) is 21.1. The first-order chi connectivity index (χ1) is 17.1. The molecule has 0 N–H and O–H groups in total. The fourth-order valence-corrected chi connectivity index (χ4v) is 5.17. The van der Waals surface area contributed by atoms with Gasteiger partial charge in [-0.05, 0) is 74.1 Å². The minimum Gasteiger partial charge on any atom is -0.494 e. The lowest BCUT2D eigenvalue weighted by Crippen LogP contribution is -2.37. The highest BCUT2D eigenvalue weighted by atomic mass is 16.5. The summed E-state index contributed by atoms with van der Waals surface area (Å²) in [5.74, 6) is 1.12. The van der Waals surface area contributed by atoms with Gasteiger partial charge in [-0.15, -0.1) is 0 Å². The molecule has 1 heterocycles. The Morgan fingerprint density at radius 3 is 2.49 bits per heavy atom. The molecule has 2 aromatic carbocycles. The molecule has 35 heavy (non-hydrogen) atoms. The quantitative estimate of drug-likeness (QED) is 0.350. The predicted octanol–water partition coefficient (Wildman–Crippen LogP) is 5.12. The zero-order valence-corrected chi connectivity index (χ0v) is 21.1. The molecule has 0 atom stereocenters. The summed E-state index contributed by atoms with van der Waals surface area (Å²) in [5, 5.41) is 0. The average Bonchev–Trinajstić information content (AvgIpc) is 3.44. The van der Waals surface area contributed by atoms with Gasteiger partial charge in [0.2, 0.25) is 5.91 Å². The summed E-state index contributed by atoms with van der Waals surface area (Å²) in [6, 6.07) is 12.0. The molecule has 1 aliphatic carbocycles. The van der Waals surface area contributed by atoms with Crippen LogP contribution in [-0.2, 0) is 9.53 Å². The number of carbonyl (C=O) groups is 2. The molecule has 0 radical (unpaired) electrons. The smallest absolute Gasteiger partial charge is 0.230 e. The number of ether oxygens (including phenoxy) is 2. The van der Waals surface area contributed by atoms with Crippen LogP contribution in [0.4, 0.5) is 5.69 Å². The van der Waals surface area contributed by atoms with E-state index in [1.165, 1.54) is 0 Å². The summed E-state index contributed by atoms with van der Waals surface area (Å²) < 4.78 is 11.3. The van der Waals surface area contributed by atoms with Crippen LogP contribution >= 0.6 is 0 Å². The summed E-state index contributed by atoms with van der Waals surface area (Å²) in [6.07, 6.45) is 6.03. The van der Waals surface area contributed by atoms with Gasteiger partial charge in [-0.2, -0.15) is 0 Å². The summed E-state index contributed by atoms with van der Waals surface area (Å²) in [6.45, 7) is 9.86. The van der Waals surface area contributed by atoms with Crippen LogP contribution in [0.5, 0.6) is 5.75 Å². The number of rotatable bonds is 10. The van der Waals surface area contributed by atoms with Gasteiger partial charge in [0.15, 0.2) is 0 Å². The van der Waals surface area contributed by atoms with Gasteiger partial charge < -0.3 is 14.4 Å². The molecular weight excluding hydrogens is 440 g/mol. The minimum absolute atomic E-state index is 0.0948. The van der Waals surface area contributed by atoms with Crippen molar-refractivity contribution < 1.29 is 19.1 Å². The van der Waals surface area contributed by atoms with Crippen LogP contribution in [-0.4, -0.2) is 63.1 Å². The van der Waals surface area contributed by atoms with Crippen LogP contribution in [0.2, 0.25) is 0 Å². The number of hydrogen-bond donors (Lipinski definition) is 0. The number of nitrogens with zero attached hydrogens (tertiary/aromatic N) is 2. The molecule has 4 rings (SSSR count). The SMILES string of the molecule is CCN(C(=O)C1CCCC1)c1cc(-c2ccc(OCCCN3CCOCC3)cc2)cc(C=O)c1C. The predicted molar refractivity (Wildman–Crippen MR) is 139 cm³/mol. The molecule has 6 nitrogen and oxygen atoms in total. The number of morpholine rings is 1. The van der Waals surface area contributed by atoms with Crippen LogP contribution in [0, 0.1) is 12.8 Å². The second-order valence-electron chi connectivity index (χ2n) is 9.57. The number of anilines is 1. The van der Waals surface area contributed by atoms with Crippen molar-refractivity contribution in [2.45, 2.75) is 46.0 Å². The average molecular weight is 479 g/mol. The third-order valence-corrected chi connectivity index (χ3v) is 7.30. The first kappa shape index (κ1) is 25.4. The topological polar surface area (TPSA) is 59.1 Å². The van der Waals surface area contributed by atoms with Crippen molar-refractivity contribution in [3.8, 4) is 16.9 Å². The number of carbonyl (C=O) groups excluding carboxylic acids is 2. The number of benzene rings is 2. The van der Waals surface area contributed by atoms with Crippen molar-refractivity contribution in [1.29, 1.82) is 0 Å². The highest BCUT2D eigenvalue weighted by molar-refractivity contribution is 5.98. The molecule has 2 fully saturated rings. The molecule has 2 aromatic rings. The highest BCUT2D eigenvalue weighted by Gasteiger charge is 2.28. The van der Waals surface area contributed by atoms with Crippen molar-refractivity contribution in [1.82, 2.24) is 4.90 Å². The van der Waals surface area contributed by atoms with Gasteiger partial charge in [0.25, 0.3) is 0 Å². The Kier molecular flexibility index (Phi) is 8.94. The lowest BCUT2D eigenvalue weighted by molar-refractivity contribution is -0.122. The lowest BCUT2D eigenvalue weighted by Gasteiger charge is -2.27. The fourth-order valence-electron chi connectivity index (χ4n) is 5.17. The third kappa shape index (κ3) is 6.30. The maximum atomic E-state index is 13.3. The van der Waals surface area contributed by atoms with Crippen LogP contribution in [0.15, 0.2) is 36.4 Å². The minimum atomic E-state index is 0.0948. The van der Waals surface area contributed by atoms with Crippen molar-refractivity contribution >= 4 is 17.9 Å². The lowest BCUT2D eigenvalue weighted by atomic mass is 9.97. The van der Waals surface area contributed by atoms with Crippen molar-refractivity contribution in [2.75, 3.05) is 50.9 Å². The van der Waals surface area contributed by atoms with E-state index in [4.69, 9.17) is 9.47 Å². The Hall–Kier alpha value is -2.70. The molecule has 0 bridgehead atoms. The van der Waals surface area contributed by atoms with E-state index in [0.29, 0.717) is 18.7 Å². The molecule has 0 unspecified atom stereocenters. The first-order valence-electron chi connectivity index (χ1n) is 13.0. The van der Waals surface area contributed by atoms with Crippen molar-refractivity contribution in [2.24, 2.45) is 5.92 Å². The second kappa shape index (κ2) is 12.3. The molecule has 6 heteroatoms. The number of hydrogen-bond acceptors (Lipinski definition) is 5. The Bertz CT molecular complexity index is 992. The molecule has 0 aromatic heterocycles. The standard InChI is InChI=1S/C29H38N2O4/c1-3-31(29(33)24-7-4-5-8-24)28-20-25(19-26(21-32)22(28)2)23-9-11-27(12-10-23)35-16-6-13-30-14-17-34-18-15-30/h9-12,19-21,24H,3-8,13-18H2,1-2H3. The first-order valence-corrected chi connectivity index (χ1v) is 13.0. The molecule has 1 saturated heterocycles. The summed E-state index contributed by atoms with van der Waals surface area (Å²) in [7, 11) is 0. The van der Waals surface area contributed by atoms with Crippen LogP contribution in [0.25, 0.3) is 11.1 Å². The van der Waals surface area contributed by atoms with E-state index < -0.39 is 0 Å². The van der Waals surface area contributed by atoms with E-state index in [2.05, 4.69) is 11.0 Å². The normalized spacial score (nSPS) is 16.9. The molecule has 0 spiro atoms. The van der Waals surface area contributed by atoms with Gasteiger partial charge >= 0.3 is 0 Å². The van der Waals surface area contributed by atoms with Crippen molar-refractivity contribution in [3.63, 3.8) is 0 Å².